The molecule has 1 heterocycles. The van der Waals surface area contributed by atoms with Crippen molar-refractivity contribution in [2.75, 3.05) is 11.1 Å². The molecule has 1 aromatic rings. The molecule has 0 aromatic heterocycles. The number of carbonyl (C=O) groups excluding carboxylic acids is 1. The zero-order chi connectivity index (χ0) is 14.5. The maximum absolute atomic E-state index is 11.2. The average molecular weight is 291 g/mol. The van der Waals surface area contributed by atoms with Crippen LogP contribution in [0.2, 0.25) is 0 Å². The molecular formula is C14H17N3O2S. The van der Waals surface area contributed by atoms with E-state index >= 15 is 0 Å². The standard InChI is InChI=1S/C14H17N3O2S/c1-2-12(18)17-9-4-3-5-10(8-9)19-14(16)13-11(15)6-7-20-13/h2-5,8,11H,1,6-7,15-16H2,(H,17,18)/b14-13-. The molecule has 1 amide bonds. The molecule has 0 aliphatic carbocycles. The predicted molar refractivity (Wildman–Crippen MR) is 82.2 cm³/mol. The number of thioether (sulfide) groups is 1. The SMILES string of the molecule is C=CC(=O)Nc1cccc(O/C(N)=C2\SCCC2N)c1. The van der Waals surface area contributed by atoms with Crippen LogP contribution in [0.15, 0.2) is 47.7 Å². The Balaban J connectivity index is 2.11. The van der Waals surface area contributed by atoms with Gasteiger partial charge in [-0.15, -0.1) is 11.8 Å². The fourth-order valence-corrected chi connectivity index (χ4v) is 2.90. The van der Waals surface area contributed by atoms with Gasteiger partial charge in [-0.25, -0.2) is 0 Å². The van der Waals surface area contributed by atoms with Gasteiger partial charge in [0.2, 0.25) is 11.8 Å². The van der Waals surface area contributed by atoms with Gasteiger partial charge in [0, 0.05) is 17.8 Å². The molecule has 0 radical (unpaired) electrons. The summed E-state index contributed by atoms with van der Waals surface area (Å²) in [5.41, 5.74) is 12.5. The van der Waals surface area contributed by atoms with Gasteiger partial charge in [0.05, 0.1) is 4.91 Å². The molecular weight excluding hydrogens is 274 g/mol. The maximum Gasteiger partial charge on any atom is 0.247 e. The van der Waals surface area contributed by atoms with Gasteiger partial charge in [-0.3, -0.25) is 4.79 Å². The molecule has 0 bridgehead atoms. The van der Waals surface area contributed by atoms with Gasteiger partial charge in [-0.1, -0.05) is 12.6 Å². The highest BCUT2D eigenvalue weighted by atomic mass is 32.2. The number of hydrogen-bond acceptors (Lipinski definition) is 5. The van der Waals surface area contributed by atoms with Gasteiger partial charge in [-0.05, 0) is 30.4 Å². The summed E-state index contributed by atoms with van der Waals surface area (Å²) in [6.07, 6.45) is 2.11. The van der Waals surface area contributed by atoms with Crippen LogP contribution in [0.25, 0.3) is 0 Å². The van der Waals surface area contributed by atoms with Gasteiger partial charge < -0.3 is 21.5 Å². The van der Waals surface area contributed by atoms with E-state index < -0.39 is 0 Å². The minimum atomic E-state index is -0.276. The normalized spacial score (nSPS) is 20.4. The first-order chi connectivity index (χ1) is 9.60. The van der Waals surface area contributed by atoms with Gasteiger partial charge >= 0.3 is 0 Å². The third kappa shape index (κ3) is 3.55. The van der Waals surface area contributed by atoms with Crippen molar-refractivity contribution in [3.63, 3.8) is 0 Å². The lowest BCUT2D eigenvalue weighted by molar-refractivity contribution is -0.111. The highest BCUT2D eigenvalue weighted by Crippen LogP contribution is 2.31. The molecule has 0 spiro atoms. The van der Waals surface area contributed by atoms with E-state index in [0.717, 1.165) is 17.1 Å². The van der Waals surface area contributed by atoms with E-state index in [9.17, 15) is 4.79 Å². The summed E-state index contributed by atoms with van der Waals surface area (Å²) in [6, 6.07) is 6.94. The number of ether oxygens (including phenoxy) is 1. The third-order valence-corrected chi connectivity index (χ3v) is 4.04. The van der Waals surface area contributed by atoms with Crippen molar-refractivity contribution < 1.29 is 9.53 Å². The number of hydrogen-bond donors (Lipinski definition) is 3. The second-order valence-electron chi connectivity index (χ2n) is 4.30. The van der Waals surface area contributed by atoms with Crippen LogP contribution >= 0.6 is 11.8 Å². The molecule has 1 aliphatic rings. The molecule has 1 saturated heterocycles. The van der Waals surface area contributed by atoms with Gasteiger partial charge in [0.1, 0.15) is 5.75 Å². The smallest absolute Gasteiger partial charge is 0.247 e. The van der Waals surface area contributed by atoms with Crippen LogP contribution in [0.4, 0.5) is 5.69 Å². The van der Waals surface area contributed by atoms with E-state index in [1.165, 1.54) is 6.08 Å². The quantitative estimate of drug-likeness (QED) is 0.581. The van der Waals surface area contributed by atoms with Crippen LogP contribution in [0.5, 0.6) is 5.75 Å². The highest BCUT2D eigenvalue weighted by molar-refractivity contribution is 8.03. The lowest BCUT2D eigenvalue weighted by atomic mass is 10.2. The van der Waals surface area contributed by atoms with Crippen molar-refractivity contribution >= 4 is 23.4 Å². The summed E-state index contributed by atoms with van der Waals surface area (Å²) in [5.74, 6) is 1.56. The molecule has 1 fully saturated rings. The number of nitrogens with two attached hydrogens (primary N) is 2. The maximum atomic E-state index is 11.2. The number of carbonyl (C=O) groups is 1. The first-order valence-electron chi connectivity index (χ1n) is 6.19. The molecule has 6 heteroatoms. The summed E-state index contributed by atoms with van der Waals surface area (Å²) in [7, 11) is 0. The number of benzene rings is 1. The molecule has 106 valence electrons. The zero-order valence-electron chi connectivity index (χ0n) is 11.0. The highest BCUT2D eigenvalue weighted by Gasteiger charge is 2.21. The molecule has 1 atom stereocenters. The molecule has 2 rings (SSSR count). The van der Waals surface area contributed by atoms with E-state index in [4.69, 9.17) is 16.2 Å². The average Bonchev–Trinajstić information content (AvgIpc) is 2.85. The Morgan fingerprint density at radius 1 is 1.55 bits per heavy atom. The van der Waals surface area contributed by atoms with Crippen LogP contribution in [0.1, 0.15) is 6.42 Å². The largest absolute Gasteiger partial charge is 0.441 e. The van der Waals surface area contributed by atoms with E-state index in [1.54, 1.807) is 36.0 Å². The topological polar surface area (TPSA) is 90.4 Å². The van der Waals surface area contributed by atoms with Crippen molar-refractivity contribution in [2.45, 2.75) is 12.5 Å². The predicted octanol–water partition coefficient (Wildman–Crippen LogP) is 1.78. The van der Waals surface area contributed by atoms with Gasteiger partial charge in [0.15, 0.2) is 0 Å². The fraction of sp³-hybridized carbons (Fsp3) is 0.214. The molecule has 1 aromatic carbocycles. The number of anilines is 1. The van der Waals surface area contributed by atoms with Gasteiger partial charge in [0.25, 0.3) is 0 Å². The molecule has 0 saturated carbocycles. The summed E-state index contributed by atoms with van der Waals surface area (Å²) in [4.78, 5) is 12.1. The van der Waals surface area contributed by atoms with Crippen LogP contribution in [-0.4, -0.2) is 17.7 Å². The van der Waals surface area contributed by atoms with Crippen LogP contribution in [-0.2, 0) is 4.79 Å². The van der Waals surface area contributed by atoms with E-state index in [1.807, 2.05) is 0 Å². The first kappa shape index (κ1) is 14.5. The number of nitrogens with one attached hydrogen (secondary N) is 1. The van der Waals surface area contributed by atoms with E-state index in [0.29, 0.717) is 17.3 Å². The summed E-state index contributed by atoms with van der Waals surface area (Å²) in [5, 5.41) is 2.66. The second-order valence-corrected chi connectivity index (χ2v) is 5.43. The summed E-state index contributed by atoms with van der Waals surface area (Å²) in [6.45, 7) is 3.40. The van der Waals surface area contributed by atoms with Crippen molar-refractivity contribution in [1.82, 2.24) is 0 Å². The first-order valence-corrected chi connectivity index (χ1v) is 7.18. The zero-order valence-corrected chi connectivity index (χ0v) is 11.8. The van der Waals surface area contributed by atoms with Crippen LogP contribution < -0.4 is 21.5 Å². The van der Waals surface area contributed by atoms with Crippen molar-refractivity contribution in [1.29, 1.82) is 0 Å². The lowest BCUT2D eigenvalue weighted by Crippen LogP contribution is -2.22. The van der Waals surface area contributed by atoms with E-state index in [-0.39, 0.29) is 11.9 Å². The monoisotopic (exact) mass is 291 g/mol. The van der Waals surface area contributed by atoms with Crippen molar-refractivity contribution in [3.8, 4) is 5.75 Å². The minimum absolute atomic E-state index is 0.0522. The molecule has 1 aliphatic heterocycles. The molecule has 1 unspecified atom stereocenters. The third-order valence-electron chi connectivity index (χ3n) is 2.78. The Bertz CT molecular complexity index is 557. The Morgan fingerprint density at radius 2 is 2.35 bits per heavy atom. The molecule has 5 N–H and O–H groups in total. The van der Waals surface area contributed by atoms with Crippen molar-refractivity contribution in [3.05, 3.63) is 47.7 Å². The van der Waals surface area contributed by atoms with Gasteiger partial charge in [-0.2, -0.15) is 0 Å². The lowest BCUT2D eigenvalue weighted by Gasteiger charge is -2.12. The summed E-state index contributed by atoms with van der Waals surface area (Å²) < 4.78 is 5.60. The van der Waals surface area contributed by atoms with Crippen molar-refractivity contribution in [2.24, 2.45) is 11.5 Å². The fourth-order valence-electron chi connectivity index (χ4n) is 1.80. The van der Waals surface area contributed by atoms with Crippen LogP contribution in [0.3, 0.4) is 0 Å². The minimum Gasteiger partial charge on any atom is -0.441 e. The Morgan fingerprint density at radius 3 is 3.00 bits per heavy atom. The Labute approximate surface area is 122 Å². The van der Waals surface area contributed by atoms with E-state index in [2.05, 4.69) is 11.9 Å². The molecule has 20 heavy (non-hydrogen) atoms. The van der Waals surface area contributed by atoms with Crippen LogP contribution in [0, 0.1) is 0 Å². The summed E-state index contributed by atoms with van der Waals surface area (Å²) >= 11 is 1.62. The number of amides is 1. The Hall–Kier alpha value is -1.92. The Kier molecular flexibility index (Phi) is 4.70. The molecule has 5 nitrogen and oxygen atoms in total. The second kappa shape index (κ2) is 6.49. The number of rotatable bonds is 4.